The van der Waals surface area contributed by atoms with E-state index in [0.29, 0.717) is 13.0 Å². The molecule has 0 aliphatic heterocycles. The van der Waals surface area contributed by atoms with Gasteiger partial charge >= 0.3 is 0 Å². The van der Waals surface area contributed by atoms with E-state index in [-0.39, 0.29) is 6.04 Å². The zero-order valence-electron chi connectivity index (χ0n) is 11.4. The van der Waals surface area contributed by atoms with Crippen molar-refractivity contribution >= 4 is 10.9 Å². The summed E-state index contributed by atoms with van der Waals surface area (Å²) >= 11 is 0. The lowest BCUT2D eigenvalue weighted by molar-refractivity contribution is 0.0145. The molecule has 1 unspecified atom stereocenters. The van der Waals surface area contributed by atoms with Gasteiger partial charge in [-0.25, -0.2) is 8.78 Å². The molecule has 0 spiro atoms. The second-order valence-electron chi connectivity index (χ2n) is 4.56. The van der Waals surface area contributed by atoms with E-state index in [1.165, 1.54) is 0 Å². The Bertz CT molecular complexity index is 548. The van der Waals surface area contributed by atoms with Crippen molar-refractivity contribution in [2.75, 3.05) is 20.3 Å². The number of ether oxygens (including phenoxy) is 1. The number of alkyl halides is 2. The minimum atomic E-state index is -2.41. The summed E-state index contributed by atoms with van der Waals surface area (Å²) in [6, 6.07) is 9.99. The summed E-state index contributed by atoms with van der Waals surface area (Å²) in [6.45, 7) is -0.213. The van der Waals surface area contributed by atoms with Crippen molar-refractivity contribution in [3.05, 3.63) is 42.1 Å². The molecule has 0 saturated carbocycles. The van der Waals surface area contributed by atoms with Gasteiger partial charge in [0.15, 0.2) is 0 Å². The molecule has 0 aliphatic carbocycles. The molecule has 3 nitrogen and oxygen atoms in total. The quantitative estimate of drug-likeness (QED) is 0.791. The van der Waals surface area contributed by atoms with Crippen LogP contribution in [0.15, 0.2) is 36.5 Å². The number of pyridine rings is 1. The standard InChI is InChI=1S/C15H18F2N2O/c1-18-13(6-7-20-10-15(16)17)12-8-11-4-2-3-5-14(11)19-9-12/h2-5,8-9,13,15,18H,6-7,10H2,1H3. The van der Waals surface area contributed by atoms with Crippen LogP contribution in [-0.2, 0) is 4.74 Å². The average Bonchev–Trinajstić information content (AvgIpc) is 2.46. The van der Waals surface area contributed by atoms with Crippen molar-refractivity contribution in [1.29, 1.82) is 0 Å². The first kappa shape index (κ1) is 14.8. The molecule has 1 heterocycles. The van der Waals surface area contributed by atoms with Crippen LogP contribution in [0.2, 0.25) is 0 Å². The molecular formula is C15H18F2N2O. The van der Waals surface area contributed by atoms with Crippen LogP contribution >= 0.6 is 0 Å². The first-order valence-corrected chi connectivity index (χ1v) is 6.58. The van der Waals surface area contributed by atoms with Crippen LogP contribution < -0.4 is 5.32 Å². The molecule has 1 aromatic carbocycles. The van der Waals surface area contributed by atoms with Gasteiger partial charge in [-0.3, -0.25) is 4.98 Å². The maximum atomic E-state index is 12.0. The number of aromatic nitrogens is 1. The lowest BCUT2D eigenvalue weighted by Gasteiger charge is -2.16. The number of benzene rings is 1. The molecular weight excluding hydrogens is 262 g/mol. The number of nitrogens with zero attached hydrogens (tertiary/aromatic N) is 1. The van der Waals surface area contributed by atoms with E-state index in [1.54, 1.807) is 0 Å². The SMILES string of the molecule is CNC(CCOCC(F)F)c1cnc2ccccc2c1. The highest BCUT2D eigenvalue weighted by molar-refractivity contribution is 5.78. The molecule has 1 atom stereocenters. The third-order valence-corrected chi connectivity index (χ3v) is 3.16. The Morgan fingerprint density at radius 2 is 2.10 bits per heavy atom. The van der Waals surface area contributed by atoms with Gasteiger partial charge in [0, 0.05) is 24.2 Å². The minimum Gasteiger partial charge on any atom is -0.375 e. The Hall–Kier alpha value is -1.59. The fourth-order valence-corrected chi connectivity index (χ4v) is 2.13. The predicted octanol–water partition coefficient (Wildman–Crippen LogP) is 3.17. The molecule has 1 N–H and O–H groups in total. The third kappa shape index (κ3) is 3.95. The van der Waals surface area contributed by atoms with Crippen LogP contribution in [0.1, 0.15) is 18.0 Å². The summed E-state index contributed by atoms with van der Waals surface area (Å²) in [6.07, 6.45) is 0.0326. The Labute approximate surface area is 117 Å². The zero-order valence-corrected chi connectivity index (χ0v) is 11.4. The summed E-state index contributed by atoms with van der Waals surface area (Å²) in [5.41, 5.74) is 1.98. The minimum absolute atomic E-state index is 0.0461. The van der Waals surface area contributed by atoms with Gasteiger partial charge in [-0.05, 0) is 31.2 Å². The van der Waals surface area contributed by atoms with Crippen molar-refractivity contribution in [3.8, 4) is 0 Å². The highest BCUT2D eigenvalue weighted by Gasteiger charge is 2.11. The molecule has 1 aromatic heterocycles. The number of hydrogen-bond acceptors (Lipinski definition) is 3. The number of hydrogen-bond donors (Lipinski definition) is 1. The van der Waals surface area contributed by atoms with E-state index in [9.17, 15) is 8.78 Å². The summed E-state index contributed by atoms with van der Waals surface area (Å²) in [7, 11) is 1.84. The van der Waals surface area contributed by atoms with Gasteiger partial charge in [-0.1, -0.05) is 18.2 Å². The van der Waals surface area contributed by atoms with Crippen LogP contribution in [0.25, 0.3) is 10.9 Å². The van der Waals surface area contributed by atoms with Crippen molar-refractivity contribution in [2.45, 2.75) is 18.9 Å². The van der Waals surface area contributed by atoms with Gasteiger partial charge in [0.25, 0.3) is 6.43 Å². The van der Waals surface area contributed by atoms with Crippen LogP contribution in [-0.4, -0.2) is 31.7 Å². The maximum Gasteiger partial charge on any atom is 0.261 e. The molecule has 108 valence electrons. The predicted molar refractivity (Wildman–Crippen MR) is 75.0 cm³/mol. The Kier molecular flexibility index (Phi) is 5.38. The highest BCUT2D eigenvalue weighted by Crippen LogP contribution is 2.20. The topological polar surface area (TPSA) is 34.1 Å². The van der Waals surface area contributed by atoms with Gasteiger partial charge in [0.2, 0.25) is 0 Å². The van der Waals surface area contributed by atoms with Gasteiger partial charge < -0.3 is 10.1 Å². The smallest absolute Gasteiger partial charge is 0.261 e. The molecule has 2 aromatic rings. The first-order chi connectivity index (χ1) is 9.70. The number of rotatable bonds is 7. The maximum absolute atomic E-state index is 12.0. The first-order valence-electron chi connectivity index (χ1n) is 6.58. The largest absolute Gasteiger partial charge is 0.375 e. The number of nitrogens with one attached hydrogen (secondary N) is 1. The lowest BCUT2D eigenvalue weighted by atomic mass is 10.0. The fraction of sp³-hybridized carbons (Fsp3) is 0.400. The van der Waals surface area contributed by atoms with E-state index in [1.807, 2.05) is 37.5 Å². The summed E-state index contributed by atoms with van der Waals surface area (Å²) in [5, 5.41) is 4.23. The molecule has 2 rings (SSSR count). The molecule has 5 heteroatoms. The molecule has 0 fully saturated rings. The van der Waals surface area contributed by atoms with E-state index >= 15 is 0 Å². The number of halogens is 2. The van der Waals surface area contributed by atoms with Crippen LogP contribution in [0.5, 0.6) is 0 Å². The van der Waals surface area contributed by atoms with Gasteiger partial charge in [0.05, 0.1) is 5.52 Å². The normalized spacial score (nSPS) is 13.0. The second kappa shape index (κ2) is 7.26. The van der Waals surface area contributed by atoms with Crippen LogP contribution in [0.4, 0.5) is 8.78 Å². The monoisotopic (exact) mass is 280 g/mol. The molecule has 0 bridgehead atoms. The van der Waals surface area contributed by atoms with Crippen LogP contribution in [0.3, 0.4) is 0 Å². The molecule has 20 heavy (non-hydrogen) atoms. The number of para-hydroxylation sites is 1. The van der Waals surface area contributed by atoms with E-state index in [2.05, 4.69) is 16.4 Å². The summed E-state index contributed by atoms with van der Waals surface area (Å²) < 4.78 is 28.9. The molecule has 0 radical (unpaired) electrons. The Balaban J connectivity index is 2.01. The van der Waals surface area contributed by atoms with Gasteiger partial charge in [-0.2, -0.15) is 0 Å². The van der Waals surface area contributed by atoms with Crippen molar-refractivity contribution in [1.82, 2.24) is 10.3 Å². The van der Waals surface area contributed by atoms with E-state index in [4.69, 9.17) is 4.74 Å². The number of fused-ring (bicyclic) bond motifs is 1. The van der Waals surface area contributed by atoms with E-state index in [0.717, 1.165) is 16.5 Å². The summed E-state index contributed by atoms with van der Waals surface area (Å²) in [5.74, 6) is 0. The van der Waals surface area contributed by atoms with E-state index < -0.39 is 13.0 Å². The van der Waals surface area contributed by atoms with Crippen LogP contribution in [0, 0.1) is 0 Å². The van der Waals surface area contributed by atoms with Crippen molar-refractivity contribution in [2.24, 2.45) is 0 Å². The Morgan fingerprint density at radius 3 is 2.85 bits per heavy atom. The second-order valence-corrected chi connectivity index (χ2v) is 4.56. The van der Waals surface area contributed by atoms with Crippen molar-refractivity contribution < 1.29 is 13.5 Å². The highest BCUT2D eigenvalue weighted by atomic mass is 19.3. The lowest BCUT2D eigenvalue weighted by Crippen LogP contribution is -2.19. The zero-order chi connectivity index (χ0) is 14.4. The molecule has 0 amide bonds. The van der Waals surface area contributed by atoms with Crippen molar-refractivity contribution in [3.63, 3.8) is 0 Å². The Morgan fingerprint density at radius 1 is 1.30 bits per heavy atom. The fourth-order valence-electron chi connectivity index (χ4n) is 2.13. The average molecular weight is 280 g/mol. The molecule has 0 saturated heterocycles. The summed E-state index contributed by atoms with van der Waals surface area (Å²) in [4.78, 5) is 4.41. The van der Waals surface area contributed by atoms with Gasteiger partial charge in [-0.15, -0.1) is 0 Å². The third-order valence-electron chi connectivity index (χ3n) is 3.16. The molecule has 0 aliphatic rings. The van der Waals surface area contributed by atoms with Gasteiger partial charge in [0.1, 0.15) is 6.61 Å².